The number of aryl methyl sites for hydroxylation is 1. The minimum atomic E-state index is -0.544. The van der Waals surface area contributed by atoms with Gasteiger partial charge in [0.25, 0.3) is 5.91 Å². The highest BCUT2D eigenvalue weighted by Gasteiger charge is 2.14. The van der Waals surface area contributed by atoms with Crippen LogP contribution in [0.5, 0.6) is 5.75 Å². The Kier molecular flexibility index (Phi) is 7.52. The van der Waals surface area contributed by atoms with Gasteiger partial charge in [0.05, 0.1) is 21.7 Å². The van der Waals surface area contributed by atoms with Gasteiger partial charge in [-0.15, -0.1) is 0 Å². The Morgan fingerprint density at radius 2 is 1.72 bits per heavy atom. The van der Waals surface area contributed by atoms with Crippen LogP contribution in [0.25, 0.3) is 6.08 Å². The van der Waals surface area contributed by atoms with Crippen molar-refractivity contribution in [2.75, 3.05) is 5.32 Å². The van der Waals surface area contributed by atoms with Crippen LogP contribution in [0.3, 0.4) is 0 Å². The molecule has 0 aromatic heterocycles. The lowest BCUT2D eigenvalue weighted by Gasteiger charge is -2.12. The van der Waals surface area contributed by atoms with Crippen molar-refractivity contribution in [3.8, 4) is 17.9 Å². The lowest BCUT2D eigenvalue weighted by atomic mass is 10.1. The largest absolute Gasteiger partial charge is 0.486 e. The molecular weight excluding hydrogens is 445 g/mol. The summed E-state index contributed by atoms with van der Waals surface area (Å²) in [5, 5.41) is 21.7. The molecule has 7 heteroatoms. The standard InChI is InChI=1S/C25H17Cl2N3O2/c1-16-6-8-21(9-7-16)30-25(31)20(14-29)10-17-11-22(26)24(23(27)12-17)32-15-19-5-3-2-4-18(19)13-28/h2-12H,15H2,1H3,(H,30,31)/b20-10+. The van der Waals surface area contributed by atoms with Crippen molar-refractivity contribution >= 4 is 40.9 Å². The minimum Gasteiger partial charge on any atom is -0.486 e. The normalized spacial score (nSPS) is 10.7. The van der Waals surface area contributed by atoms with E-state index >= 15 is 0 Å². The van der Waals surface area contributed by atoms with Gasteiger partial charge in [-0.2, -0.15) is 10.5 Å². The van der Waals surface area contributed by atoms with Crippen molar-refractivity contribution in [3.63, 3.8) is 0 Å². The van der Waals surface area contributed by atoms with E-state index in [1.165, 1.54) is 6.08 Å². The first kappa shape index (κ1) is 22.9. The molecule has 0 aliphatic heterocycles. The Hall–Kier alpha value is -3.77. The fourth-order valence-electron chi connectivity index (χ4n) is 2.86. The number of ether oxygens (including phenoxy) is 1. The van der Waals surface area contributed by atoms with E-state index in [0.717, 1.165) is 5.56 Å². The maximum absolute atomic E-state index is 12.5. The number of nitrogens with zero attached hydrogens (tertiary/aromatic N) is 2. The van der Waals surface area contributed by atoms with Gasteiger partial charge >= 0.3 is 0 Å². The first-order valence-corrected chi connectivity index (χ1v) is 10.3. The first-order valence-electron chi connectivity index (χ1n) is 9.51. The fourth-order valence-corrected chi connectivity index (χ4v) is 3.47. The third-order valence-corrected chi connectivity index (χ3v) is 5.08. The number of halogens is 2. The summed E-state index contributed by atoms with van der Waals surface area (Å²) in [6.45, 7) is 2.05. The number of benzene rings is 3. The topological polar surface area (TPSA) is 85.9 Å². The summed E-state index contributed by atoms with van der Waals surface area (Å²) < 4.78 is 5.74. The molecule has 0 spiro atoms. The Morgan fingerprint density at radius 3 is 2.34 bits per heavy atom. The molecule has 1 amide bonds. The van der Waals surface area contributed by atoms with Crippen LogP contribution < -0.4 is 10.1 Å². The highest BCUT2D eigenvalue weighted by atomic mass is 35.5. The molecule has 0 aliphatic carbocycles. The van der Waals surface area contributed by atoms with Crippen molar-refractivity contribution in [1.82, 2.24) is 0 Å². The van der Waals surface area contributed by atoms with Crippen molar-refractivity contribution < 1.29 is 9.53 Å². The van der Waals surface area contributed by atoms with Crippen LogP contribution in [0.1, 0.15) is 22.3 Å². The van der Waals surface area contributed by atoms with Crippen LogP contribution in [-0.2, 0) is 11.4 Å². The number of carbonyl (C=O) groups excluding carboxylic acids is 1. The average Bonchev–Trinajstić information content (AvgIpc) is 2.78. The van der Waals surface area contributed by atoms with E-state index in [-0.39, 0.29) is 28.0 Å². The third-order valence-electron chi connectivity index (χ3n) is 4.52. The SMILES string of the molecule is Cc1ccc(NC(=O)/C(C#N)=C/c2cc(Cl)c(OCc3ccccc3C#N)c(Cl)c2)cc1. The molecule has 1 N–H and O–H groups in total. The van der Waals surface area contributed by atoms with Gasteiger partial charge in [-0.1, -0.05) is 59.1 Å². The van der Waals surface area contributed by atoms with Gasteiger partial charge < -0.3 is 10.1 Å². The summed E-state index contributed by atoms with van der Waals surface area (Å²) in [7, 11) is 0. The van der Waals surface area contributed by atoms with E-state index in [1.54, 1.807) is 42.5 Å². The molecule has 0 saturated carbocycles. The predicted octanol–water partition coefficient (Wildman–Crippen LogP) is 6.30. The van der Waals surface area contributed by atoms with Crippen LogP contribution in [-0.4, -0.2) is 5.91 Å². The molecule has 0 saturated heterocycles. The number of amides is 1. The summed E-state index contributed by atoms with van der Waals surface area (Å²) in [5.41, 5.74) is 3.21. The molecule has 0 bridgehead atoms. The second kappa shape index (κ2) is 10.5. The Balaban J connectivity index is 1.78. The van der Waals surface area contributed by atoms with Gasteiger partial charge in [-0.25, -0.2) is 0 Å². The van der Waals surface area contributed by atoms with Gasteiger partial charge in [0.1, 0.15) is 18.2 Å². The van der Waals surface area contributed by atoms with Crippen molar-refractivity contribution in [2.24, 2.45) is 0 Å². The van der Waals surface area contributed by atoms with E-state index in [1.807, 2.05) is 31.2 Å². The second-order valence-electron chi connectivity index (χ2n) is 6.86. The Labute approximate surface area is 196 Å². The maximum Gasteiger partial charge on any atom is 0.266 e. The molecule has 0 heterocycles. The van der Waals surface area contributed by atoms with E-state index in [9.17, 15) is 15.3 Å². The van der Waals surface area contributed by atoms with Gasteiger partial charge in [0.2, 0.25) is 0 Å². The maximum atomic E-state index is 12.5. The van der Waals surface area contributed by atoms with Crippen LogP contribution in [0.2, 0.25) is 10.0 Å². The zero-order valence-corrected chi connectivity index (χ0v) is 18.5. The molecule has 0 atom stereocenters. The number of hydrogen-bond acceptors (Lipinski definition) is 4. The summed E-state index contributed by atoms with van der Waals surface area (Å²) in [4.78, 5) is 12.5. The summed E-state index contributed by atoms with van der Waals surface area (Å²) >= 11 is 12.7. The molecular formula is C25H17Cl2N3O2. The second-order valence-corrected chi connectivity index (χ2v) is 7.68. The van der Waals surface area contributed by atoms with E-state index in [0.29, 0.717) is 22.4 Å². The highest BCUT2D eigenvalue weighted by Crippen LogP contribution is 2.35. The number of nitrogens with one attached hydrogen (secondary N) is 1. The van der Waals surface area contributed by atoms with Crippen molar-refractivity contribution in [3.05, 3.63) is 98.5 Å². The Bertz CT molecular complexity index is 1250. The summed E-state index contributed by atoms with van der Waals surface area (Å²) in [5.74, 6) is -0.294. The molecule has 3 aromatic carbocycles. The number of carbonyl (C=O) groups is 1. The van der Waals surface area contributed by atoms with Crippen LogP contribution in [0, 0.1) is 29.6 Å². The lowest BCUT2D eigenvalue weighted by molar-refractivity contribution is -0.112. The van der Waals surface area contributed by atoms with Crippen LogP contribution >= 0.6 is 23.2 Å². The van der Waals surface area contributed by atoms with Crippen LogP contribution in [0.4, 0.5) is 5.69 Å². The highest BCUT2D eigenvalue weighted by molar-refractivity contribution is 6.37. The van der Waals surface area contributed by atoms with Gasteiger partial charge in [0.15, 0.2) is 5.75 Å². The van der Waals surface area contributed by atoms with Gasteiger partial charge in [-0.3, -0.25) is 4.79 Å². The molecule has 3 aromatic rings. The predicted molar refractivity (Wildman–Crippen MR) is 125 cm³/mol. The number of rotatable bonds is 6. The van der Waals surface area contributed by atoms with E-state index in [4.69, 9.17) is 27.9 Å². The number of nitriles is 2. The number of anilines is 1. The van der Waals surface area contributed by atoms with Gasteiger partial charge in [0, 0.05) is 11.3 Å². The van der Waals surface area contributed by atoms with Crippen molar-refractivity contribution in [1.29, 1.82) is 10.5 Å². The molecule has 5 nitrogen and oxygen atoms in total. The molecule has 3 rings (SSSR count). The van der Waals surface area contributed by atoms with E-state index in [2.05, 4.69) is 11.4 Å². The Morgan fingerprint density at radius 1 is 1.06 bits per heavy atom. The zero-order chi connectivity index (χ0) is 23.1. The molecule has 0 unspecified atom stereocenters. The first-order chi connectivity index (χ1) is 15.4. The lowest BCUT2D eigenvalue weighted by Crippen LogP contribution is -2.13. The quantitative estimate of drug-likeness (QED) is 0.344. The van der Waals surface area contributed by atoms with E-state index < -0.39 is 5.91 Å². The molecule has 0 radical (unpaired) electrons. The average molecular weight is 462 g/mol. The zero-order valence-electron chi connectivity index (χ0n) is 17.0. The smallest absolute Gasteiger partial charge is 0.266 e. The molecule has 0 fully saturated rings. The third kappa shape index (κ3) is 5.68. The molecule has 158 valence electrons. The minimum absolute atomic E-state index is 0.102. The van der Waals surface area contributed by atoms with Gasteiger partial charge in [-0.05, 0) is 48.9 Å². The summed E-state index contributed by atoms with van der Waals surface area (Å²) in [6.07, 6.45) is 1.40. The molecule has 0 aliphatic rings. The fraction of sp³-hybridized carbons (Fsp3) is 0.0800. The summed E-state index contributed by atoms with van der Waals surface area (Å²) in [6, 6.07) is 21.4. The molecule has 32 heavy (non-hydrogen) atoms. The monoisotopic (exact) mass is 461 g/mol. The number of hydrogen-bond donors (Lipinski definition) is 1. The van der Waals surface area contributed by atoms with Crippen LogP contribution in [0.15, 0.2) is 66.2 Å². The van der Waals surface area contributed by atoms with Crippen molar-refractivity contribution in [2.45, 2.75) is 13.5 Å².